The van der Waals surface area contributed by atoms with Gasteiger partial charge in [0.25, 0.3) is 5.91 Å². The molecule has 0 unspecified atom stereocenters. The summed E-state index contributed by atoms with van der Waals surface area (Å²) < 4.78 is 0. The third-order valence-corrected chi connectivity index (χ3v) is 2.71. The lowest BCUT2D eigenvalue weighted by Crippen LogP contribution is -2.20. The molecule has 15 heavy (non-hydrogen) atoms. The number of hydrogen-bond acceptors (Lipinski definition) is 2. The van der Waals surface area contributed by atoms with Gasteiger partial charge in [-0.05, 0) is 12.0 Å². The first-order valence-corrected chi connectivity index (χ1v) is 4.99. The molecule has 0 aliphatic carbocycles. The normalized spacial score (nSPS) is 19.5. The van der Waals surface area contributed by atoms with Crippen LogP contribution >= 0.6 is 0 Å². The molecule has 1 aromatic rings. The number of likely N-dealkylation sites (tertiary alicyclic amines) is 1. The predicted molar refractivity (Wildman–Crippen MR) is 59.8 cm³/mol. The lowest BCUT2D eigenvalue weighted by atomic mass is 10.1. The maximum atomic E-state index is 11.7. The maximum Gasteiger partial charge on any atom is 0.251 e. The maximum absolute atomic E-state index is 11.7. The lowest BCUT2D eigenvalue weighted by Gasteiger charge is -2.07. The van der Waals surface area contributed by atoms with Crippen LogP contribution in [0.15, 0.2) is 35.9 Å². The average molecular weight is 202 g/mol. The molecule has 3 heteroatoms. The van der Waals surface area contributed by atoms with E-state index in [0.717, 1.165) is 24.1 Å². The lowest BCUT2D eigenvalue weighted by molar-refractivity contribution is -0.123. The van der Waals surface area contributed by atoms with E-state index in [2.05, 4.69) is 0 Å². The van der Waals surface area contributed by atoms with Crippen LogP contribution in [0.4, 0.5) is 0 Å². The minimum Gasteiger partial charge on any atom is -0.398 e. The van der Waals surface area contributed by atoms with Gasteiger partial charge >= 0.3 is 0 Å². The molecule has 1 aliphatic heterocycles. The molecule has 78 valence electrons. The number of likely N-dealkylation sites (N-methyl/N-ethyl adjacent to an activating group) is 1. The van der Waals surface area contributed by atoms with Crippen LogP contribution in [0.3, 0.4) is 0 Å². The second-order valence-electron chi connectivity index (χ2n) is 3.73. The van der Waals surface area contributed by atoms with Crippen molar-refractivity contribution in [3.8, 4) is 0 Å². The molecule has 0 saturated carbocycles. The van der Waals surface area contributed by atoms with Gasteiger partial charge in [-0.1, -0.05) is 30.3 Å². The molecular weight excluding hydrogens is 188 g/mol. The van der Waals surface area contributed by atoms with Crippen LogP contribution in [0.1, 0.15) is 12.0 Å². The second kappa shape index (κ2) is 3.77. The molecule has 0 atom stereocenters. The van der Waals surface area contributed by atoms with Crippen molar-refractivity contribution in [1.29, 1.82) is 0 Å². The van der Waals surface area contributed by atoms with Crippen molar-refractivity contribution in [3.05, 3.63) is 41.5 Å². The highest BCUT2D eigenvalue weighted by molar-refractivity contribution is 6.02. The fourth-order valence-electron chi connectivity index (χ4n) is 1.76. The molecule has 1 fully saturated rings. The van der Waals surface area contributed by atoms with E-state index in [1.54, 1.807) is 11.9 Å². The Morgan fingerprint density at radius 2 is 2.00 bits per heavy atom. The largest absolute Gasteiger partial charge is 0.398 e. The van der Waals surface area contributed by atoms with E-state index < -0.39 is 0 Å². The zero-order valence-corrected chi connectivity index (χ0v) is 8.73. The van der Waals surface area contributed by atoms with Gasteiger partial charge in [0.05, 0.1) is 0 Å². The van der Waals surface area contributed by atoms with Crippen molar-refractivity contribution in [2.24, 2.45) is 5.73 Å². The Morgan fingerprint density at radius 1 is 1.33 bits per heavy atom. The van der Waals surface area contributed by atoms with Crippen molar-refractivity contribution in [2.45, 2.75) is 6.42 Å². The van der Waals surface area contributed by atoms with Gasteiger partial charge in [-0.2, -0.15) is 0 Å². The van der Waals surface area contributed by atoms with Gasteiger partial charge in [0.1, 0.15) is 0 Å². The van der Waals surface area contributed by atoms with Gasteiger partial charge in [0.15, 0.2) is 0 Å². The van der Waals surface area contributed by atoms with Crippen LogP contribution in [0.5, 0.6) is 0 Å². The highest BCUT2D eigenvalue weighted by Crippen LogP contribution is 2.22. The van der Waals surface area contributed by atoms with Gasteiger partial charge in [0, 0.05) is 24.9 Å². The summed E-state index contributed by atoms with van der Waals surface area (Å²) in [5.74, 6) is 0.0522. The van der Waals surface area contributed by atoms with E-state index in [0.29, 0.717) is 5.70 Å². The van der Waals surface area contributed by atoms with Crippen LogP contribution in [0.25, 0.3) is 5.70 Å². The van der Waals surface area contributed by atoms with Crippen LogP contribution in [-0.2, 0) is 4.79 Å². The number of benzene rings is 1. The molecule has 0 bridgehead atoms. The number of amides is 1. The van der Waals surface area contributed by atoms with Crippen molar-refractivity contribution in [2.75, 3.05) is 13.6 Å². The SMILES string of the molecule is CN1CC/C(=C(/N)c2ccccc2)C1=O. The summed E-state index contributed by atoms with van der Waals surface area (Å²) in [4.78, 5) is 13.4. The molecule has 1 aromatic carbocycles. The third-order valence-electron chi connectivity index (χ3n) is 2.71. The van der Waals surface area contributed by atoms with Gasteiger partial charge in [-0.25, -0.2) is 0 Å². The van der Waals surface area contributed by atoms with E-state index >= 15 is 0 Å². The Morgan fingerprint density at radius 3 is 2.53 bits per heavy atom. The van der Waals surface area contributed by atoms with Crippen LogP contribution in [-0.4, -0.2) is 24.4 Å². The Labute approximate surface area is 89.2 Å². The summed E-state index contributed by atoms with van der Waals surface area (Å²) in [6.07, 6.45) is 0.746. The van der Waals surface area contributed by atoms with E-state index in [1.807, 2.05) is 30.3 Å². The first kappa shape index (κ1) is 9.77. The minimum atomic E-state index is 0.0522. The Balaban J connectivity index is 2.39. The number of carbonyl (C=O) groups excluding carboxylic acids is 1. The highest BCUT2D eigenvalue weighted by Gasteiger charge is 2.25. The molecular formula is C12H14N2O. The molecule has 3 nitrogen and oxygen atoms in total. The first-order chi connectivity index (χ1) is 7.20. The van der Waals surface area contributed by atoms with E-state index in [1.165, 1.54) is 0 Å². The molecule has 0 aromatic heterocycles. The van der Waals surface area contributed by atoms with Crippen molar-refractivity contribution < 1.29 is 4.79 Å². The van der Waals surface area contributed by atoms with Crippen molar-refractivity contribution >= 4 is 11.6 Å². The average Bonchev–Trinajstić information content (AvgIpc) is 2.60. The van der Waals surface area contributed by atoms with Gasteiger partial charge in [-0.15, -0.1) is 0 Å². The van der Waals surface area contributed by atoms with E-state index in [9.17, 15) is 4.79 Å². The zero-order chi connectivity index (χ0) is 10.8. The Bertz CT molecular complexity index is 409. The fraction of sp³-hybridized carbons (Fsp3) is 0.250. The van der Waals surface area contributed by atoms with Crippen molar-refractivity contribution in [1.82, 2.24) is 4.90 Å². The first-order valence-electron chi connectivity index (χ1n) is 4.99. The molecule has 0 spiro atoms. The summed E-state index contributed by atoms with van der Waals surface area (Å²) in [5.41, 5.74) is 8.27. The molecule has 0 radical (unpaired) electrons. The smallest absolute Gasteiger partial charge is 0.251 e. The van der Waals surface area contributed by atoms with Crippen LogP contribution in [0.2, 0.25) is 0 Å². The highest BCUT2D eigenvalue weighted by atomic mass is 16.2. The molecule has 1 amide bonds. The molecule has 2 rings (SSSR count). The number of hydrogen-bond donors (Lipinski definition) is 1. The second-order valence-corrected chi connectivity index (χ2v) is 3.73. The number of nitrogens with zero attached hydrogens (tertiary/aromatic N) is 1. The molecule has 1 aliphatic rings. The van der Waals surface area contributed by atoms with Gasteiger partial charge in [0.2, 0.25) is 0 Å². The zero-order valence-electron chi connectivity index (χ0n) is 8.73. The Kier molecular flexibility index (Phi) is 2.46. The molecule has 2 N–H and O–H groups in total. The fourth-order valence-corrected chi connectivity index (χ4v) is 1.76. The van der Waals surface area contributed by atoms with E-state index in [-0.39, 0.29) is 5.91 Å². The third kappa shape index (κ3) is 1.73. The monoisotopic (exact) mass is 202 g/mol. The number of carbonyl (C=O) groups is 1. The Hall–Kier alpha value is -1.77. The summed E-state index contributed by atoms with van der Waals surface area (Å²) in [5, 5.41) is 0. The quantitative estimate of drug-likeness (QED) is 0.696. The summed E-state index contributed by atoms with van der Waals surface area (Å²) >= 11 is 0. The van der Waals surface area contributed by atoms with E-state index in [4.69, 9.17) is 5.73 Å². The topological polar surface area (TPSA) is 46.3 Å². The number of nitrogens with two attached hydrogens (primary N) is 1. The van der Waals surface area contributed by atoms with Gasteiger partial charge < -0.3 is 10.6 Å². The van der Waals surface area contributed by atoms with Crippen LogP contribution in [0, 0.1) is 0 Å². The molecule has 1 heterocycles. The number of rotatable bonds is 1. The molecule has 1 saturated heterocycles. The summed E-state index contributed by atoms with van der Waals surface area (Å²) in [6.45, 7) is 0.766. The standard InChI is InChI=1S/C12H14N2O/c1-14-8-7-10(12(14)15)11(13)9-5-3-2-4-6-9/h2-6H,7-8,13H2,1H3/b11-10-. The minimum absolute atomic E-state index is 0.0522. The predicted octanol–water partition coefficient (Wildman–Crippen LogP) is 1.22. The van der Waals surface area contributed by atoms with Crippen LogP contribution < -0.4 is 5.73 Å². The summed E-state index contributed by atoms with van der Waals surface area (Å²) in [7, 11) is 1.80. The van der Waals surface area contributed by atoms with Crippen molar-refractivity contribution in [3.63, 3.8) is 0 Å². The summed E-state index contributed by atoms with van der Waals surface area (Å²) in [6, 6.07) is 9.63. The van der Waals surface area contributed by atoms with Gasteiger partial charge in [-0.3, -0.25) is 4.79 Å².